The molecule has 2 fully saturated rings. The van der Waals surface area contributed by atoms with Gasteiger partial charge >= 0.3 is 0 Å². The molecule has 4 atom stereocenters. The summed E-state index contributed by atoms with van der Waals surface area (Å²) in [6.45, 7) is 17.5. The molecule has 0 spiro atoms. The van der Waals surface area contributed by atoms with E-state index in [0.29, 0.717) is 11.3 Å². The van der Waals surface area contributed by atoms with Crippen LogP contribution in [0, 0.1) is 17.9 Å². The first-order chi connectivity index (χ1) is 32.6. The van der Waals surface area contributed by atoms with E-state index in [-0.39, 0.29) is 21.9 Å². The van der Waals surface area contributed by atoms with Gasteiger partial charge in [0.15, 0.2) is 5.69 Å². The minimum atomic E-state index is -0.0556. The van der Waals surface area contributed by atoms with Crippen molar-refractivity contribution in [2.75, 3.05) is 9.80 Å². The van der Waals surface area contributed by atoms with Crippen molar-refractivity contribution in [2.24, 2.45) is 0 Å². The summed E-state index contributed by atoms with van der Waals surface area (Å²) in [5.74, 6) is 0. The third-order valence-electron chi connectivity index (χ3n) is 18.2. The Hall–Kier alpha value is -7.14. The molecule has 0 aromatic heterocycles. The van der Waals surface area contributed by atoms with E-state index in [1.54, 1.807) is 0 Å². The fraction of sp³-hybridized carbons (Fsp3) is 0.270. The molecule has 0 N–H and O–H groups in total. The molecule has 4 nitrogen and oxygen atoms in total. The quantitative estimate of drug-likeness (QED) is 0.131. The maximum absolute atomic E-state index is 9.57. The lowest BCUT2D eigenvalue weighted by Gasteiger charge is -2.50. The molecule has 13 rings (SSSR count). The highest BCUT2D eigenvalue weighted by molar-refractivity contribution is 6.18. The van der Waals surface area contributed by atoms with Gasteiger partial charge in [0, 0.05) is 33.6 Å². The zero-order valence-corrected chi connectivity index (χ0v) is 39.0. The second kappa shape index (κ2) is 14.2. The van der Waals surface area contributed by atoms with E-state index >= 15 is 0 Å². The van der Waals surface area contributed by atoms with Crippen LogP contribution in [0.4, 0.5) is 28.4 Å². The van der Waals surface area contributed by atoms with Crippen molar-refractivity contribution in [3.63, 3.8) is 0 Å². The van der Waals surface area contributed by atoms with E-state index in [1.165, 1.54) is 132 Å². The van der Waals surface area contributed by atoms with Crippen molar-refractivity contribution in [2.45, 2.75) is 107 Å². The van der Waals surface area contributed by atoms with Crippen molar-refractivity contribution in [3.8, 4) is 39.4 Å². The van der Waals surface area contributed by atoms with Crippen molar-refractivity contribution in [1.82, 2.24) is 0 Å². The SMILES string of the molecule is [C-]#[N+]c1ccc(N2c3ccc(-c4ccc5c(c4)Cc4c-5c5ccccc5c5cc(-c6ccc7c(c6)C6(C)CCCCC6(C)N7c6ccc(C#N)cc6)ccc45)cc3C3(C)CCCCC23C)cc1. The molecule has 0 bridgehead atoms. The summed E-state index contributed by atoms with van der Waals surface area (Å²) in [5.41, 5.74) is 19.8. The number of hydrogen-bond donors (Lipinski definition) is 0. The summed E-state index contributed by atoms with van der Waals surface area (Å²) in [4.78, 5) is 8.88. The molecular formula is C63H54N4. The number of nitriles is 1. The van der Waals surface area contributed by atoms with E-state index in [2.05, 4.69) is 170 Å². The lowest BCUT2D eigenvalue weighted by molar-refractivity contribution is 0.195. The second-order valence-corrected chi connectivity index (χ2v) is 21.3. The van der Waals surface area contributed by atoms with Crippen molar-refractivity contribution in [3.05, 3.63) is 185 Å². The second-order valence-electron chi connectivity index (χ2n) is 21.3. The Balaban J connectivity index is 0.882. The number of hydrogen-bond acceptors (Lipinski definition) is 3. The molecule has 2 aliphatic heterocycles. The summed E-state index contributed by atoms with van der Waals surface area (Å²) < 4.78 is 0. The molecule has 67 heavy (non-hydrogen) atoms. The number of nitrogens with zero attached hydrogens (tertiary/aromatic N) is 4. The molecule has 5 aliphatic rings. The smallest absolute Gasteiger partial charge is 0.187 e. The van der Waals surface area contributed by atoms with Gasteiger partial charge in [0.25, 0.3) is 0 Å². The van der Waals surface area contributed by atoms with Crippen LogP contribution in [-0.4, -0.2) is 11.1 Å². The minimum Gasteiger partial charge on any atom is -0.335 e. The lowest BCUT2D eigenvalue weighted by atomic mass is 9.61. The highest BCUT2D eigenvalue weighted by atomic mass is 15.3. The first kappa shape index (κ1) is 40.2. The normalized spacial score (nSPS) is 24.3. The molecule has 2 heterocycles. The summed E-state index contributed by atoms with van der Waals surface area (Å²) in [6, 6.07) is 56.8. The summed E-state index contributed by atoms with van der Waals surface area (Å²) in [5, 5.41) is 14.9. The van der Waals surface area contributed by atoms with Crippen molar-refractivity contribution < 1.29 is 0 Å². The molecule has 8 aromatic carbocycles. The Morgan fingerprint density at radius 2 is 1.04 bits per heavy atom. The van der Waals surface area contributed by atoms with Crippen LogP contribution in [0.1, 0.15) is 107 Å². The van der Waals surface area contributed by atoms with Gasteiger partial charge in [-0.05, 0) is 190 Å². The number of anilines is 4. The molecule has 2 saturated carbocycles. The minimum absolute atomic E-state index is 0.00101. The highest BCUT2D eigenvalue weighted by Crippen LogP contribution is 2.63. The summed E-state index contributed by atoms with van der Waals surface area (Å²) >= 11 is 0. The third-order valence-corrected chi connectivity index (χ3v) is 18.2. The number of rotatable bonds is 4. The highest BCUT2D eigenvalue weighted by Gasteiger charge is 2.59. The largest absolute Gasteiger partial charge is 0.335 e. The Bertz CT molecular complexity index is 3500. The predicted molar refractivity (Wildman–Crippen MR) is 277 cm³/mol. The predicted octanol–water partition coefficient (Wildman–Crippen LogP) is 16.8. The van der Waals surface area contributed by atoms with Gasteiger partial charge in [0.05, 0.1) is 29.3 Å². The zero-order chi connectivity index (χ0) is 45.5. The average Bonchev–Trinajstić information content (AvgIpc) is 3.92. The Morgan fingerprint density at radius 1 is 0.522 bits per heavy atom. The molecule has 4 heteroatoms. The maximum Gasteiger partial charge on any atom is 0.187 e. The Kier molecular flexibility index (Phi) is 8.50. The van der Waals surface area contributed by atoms with E-state index in [4.69, 9.17) is 6.57 Å². The van der Waals surface area contributed by atoms with Crippen LogP contribution in [0.15, 0.2) is 146 Å². The van der Waals surface area contributed by atoms with E-state index in [1.807, 2.05) is 24.3 Å². The van der Waals surface area contributed by atoms with Crippen LogP contribution < -0.4 is 9.80 Å². The monoisotopic (exact) mass is 866 g/mol. The topological polar surface area (TPSA) is 34.6 Å². The van der Waals surface area contributed by atoms with Crippen molar-refractivity contribution in [1.29, 1.82) is 5.26 Å². The molecule has 326 valence electrons. The standard InChI is InChI=1S/C63H54N4/c1-60-30-9-11-33-63(60,4)67(48-24-20-46(65-5)21-25-48)58-28-18-43(37-55(58)60)41-16-26-49-45(34-41)36-54-51-27-17-42(35-53(51)50-12-6-7-13-52(50)59(49)54)44-19-29-57-56(38-44)61(2)31-8-10-32-62(61,3)66(57)47-22-14-40(39-64)15-23-47/h6-7,12-29,34-35,37-38H,8-11,30-33,36H2,1-4H3. The van der Waals surface area contributed by atoms with Gasteiger partial charge in [0.1, 0.15) is 0 Å². The molecule has 0 radical (unpaired) electrons. The summed E-state index contributed by atoms with van der Waals surface area (Å²) in [7, 11) is 0. The average molecular weight is 867 g/mol. The lowest BCUT2D eigenvalue weighted by Crippen LogP contribution is -2.54. The molecule has 0 saturated heterocycles. The summed E-state index contributed by atoms with van der Waals surface area (Å²) in [6.07, 6.45) is 10.5. The molecular weight excluding hydrogens is 813 g/mol. The van der Waals surface area contributed by atoms with Gasteiger partial charge in [-0.1, -0.05) is 118 Å². The van der Waals surface area contributed by atoms with Gasteiger partial charge in [-0.15, -0.1) is 0 Å². The first-order valence-corrected chi connectivity index (χ1v) is 24.6. The van der Waals surface area contributed by atoms with Gasteiger partial charge in [-0.3, -0.25) is 0 Å². The molecule has 8 aromatic rings. The molecule has 0 amide bonds. The van der Waals surface area contributed by atoms with Crippen LogP contribution in [0.2, 0.25) is 0 Å². The maximum atomic E-state index is 9.57. The fourth-order valence-corrected chi connectivity index (χ4v) is 14.3. The van der Waals surface area contributed by atoms with Crippen LogP contribution in [-0.2, 0) is 17.3 Å². The third kappa shape index (κ3) is 5.39. The van der Waals surface area contributed by atoms with Crippen LogP contribution in [0.3, 0.4) is 0 Å². The Labute approximate surface area is 394 Å². The molecule has 3 aliphatic carbocycles. The fourth-order valence-electron chi connectivity index (χ4n) is 14.3. The van der Waals surface area contributed by atoms with Gasteiger partial charge in [-0.2, -0.15) is 5.26 Å². The van der Waals surface area contributed by atoms with Crippen LogP contribution in [0.5, 0.6) is 0 Å². The van der Waals surface area contributed by atoms with E-state index < -0.39 is 0 Å². The van der Waals surface area contributed by atoms with Crippen LogP contribution in [0.25, 0.3) is 59.8 Å². The number of fused-ring (bicyclic) bond motifs is 14. The Morgan fingerprint density at radius 3 is 1.64 bits per heavy atom. The van der Waals surface area contributed by atoms with E-state index in [9.17, 15) is 5.26 Å². The number of benzene rings is 8. The van der Waals surface area contributed by atoms with Gasteiger partial charge < -0.3 is 9.80 Å². The van der Waals surface area contributed by atoms with Gasteiger partial charge in [-0.25, -0.2) is 4.85 Å². The van der Waals surface area contributed by atoms with Gasteiger partial charge in [0.2, 0.25) is 0 Å². The van der Waals surface area contributed by atoms with E-state index in [0.717, 1.165) is 25.7 Å². The zero-order valence-electron chi connectivity index (χ0n) is 39.0. The first-order valence-electron chi connectivity index (χ1n) is 24.6. The molecule has 4 unspecified atom stereocenters. The van der Waals surface area contributed by atoms with Crippen molar-refractivity contribution >= 4 is 50.0 Å². The van der Waals surface area contributed by atoms with Crippen LogP contribution >= 0.6 is 0 Å².